The third-order valence-corrected chi connectivity index (χ3v) is 3.82. The highest BCUT2D eigenvalue weighted by atomic mass is 16.6. The number of nitro groups is 1. The van der Waals surface area contributed by atoms with E-state index in [4.69, 9.17) is 11.2 Å². The van der Waals surface area contributed by atoms with Crippen molar-refractivity contribution in [2.75, 3.05) is 32.2 Å². The molecule has 122 valence electrons. The summed E-state index contributed by atoms with van der Waals surface area (Å²) in [5, 5.41) is 23.7. The highest BCUT2D eigenvalue weighted by Crippen LogP contribution is 2.34. The molecule has 0 spiro atoms. The van der Waals surface area contributed by atoms with Crippen LogP contribution in [0.5, 0.6) is 0 Å². The van der Waals surface area contributed by atoms with Crippen molar-refractivity contribution in [2.24, 2.45) is 5.41 Å². The number of nitrogens with one attached hydrogen (secondary N) is 1. The maximum absolute atomic E-state index is 11.6. The molecule has 0 aliphatic carbocycles. The van der Waals surface area contributed by atoms with Gasteiger partial charge in [-0.25, -0.2) is 4.79 Å². The quantitative estimate of drug-likeness (QED) is 0.357. The Morgan fingerprint density at radius 2 is 2.43 bits per heavy atom. The number of carbonyl (C=O) groups excluding carboxylic acids is 1. The van der Waals surface area contributed by atoms with E-state index in [2.05, 4.69) is 16.0 Å². The van der Waals surface area contributed by atoms with E-state index in [0.717, 1.165) is 0 Å². The average molecular weight is 320 g/mol. The zero-order valence-electron chi connectivity index (χ0n) is 12.4. The van der Waals surface area contributed by atoms with Gasteiger partial charge in [-0.15, -0.1) is 6.42 Å². The monoisotopic (exact) mass is 320 g/mol. The second-order valence-electron chi connectivity index (χ2n) is 5.15. The molecule has 1 heterocycles. The third kappa shape index (κ3) is 3.11. The van der Waals surface area contributed by atoms with Gasteiger partial charge < -0.3 is 19.9 Å². The molecule has 0 bridgehead atoms. The predicted molar refractivity (Wildman–Crippen MR) is 81.0 cm³/mol. The number of terminal acetylenes is 1. The van der Waals surface area contributed by atoms with Crippen molar-refractivity contribution in [1.29, 1.82) is 0 Å². The lowest BCUT2D eigenvalue weighted by Crippen LogP contribution is -2.41. The summed E-state index contributed by atoms with van der Waals surface area (Å²) in [4.78, 5) is 22.2. The molecule has 2 N–H and O–H groups in total. The first kappa shape index (κ1) is 16.7. The number of ether oxygens (including phenoxy) is 2. The highest BCUT2D eigenvalue weighted by Gasteiger charge is 2.43. The molecule has 23 heavy (non-hydrogen) atoms. The van der Waals surface area contributed by atoms with Crippen LogP contribution in [0.2, 0.25) is 0 Å². The molecule has 1 fully saturated rings. The number of methoxy groups -OCH3 is 1. The van der Waals surface area contributed by atoms with Crippen LogP contribution >= 0.6 is 0 Å². The molecule has 8 nitrogen and oxygen atoms in total. The lowest BCUT2D eigenvalue weighted by atomic mass is 9.84. The number of esters is 1. The van der Waals surface area contributed by atoms with Gasteiger partial charge in [-0.05, 0) is 12.1 Å². The van der Waals surface area contributed by atoms with Crippen molar-refractivity contribution >= 4 is 17.3 Å². The van der Waals surface area contributed by atoms with Gasteiger partial charge in [-0.1, -0.05) is 5.92 Å². The van der Waals surface area contributed by atoms with Crippen LogP contribution in [0.1, 0.15) is 10.4 Å². The molecule has 0 saturated carbocycles. The lowest BCUT2D eigenvalue weighted by molar-refractivity contribution is -0.384. The number of hydrogen-bond donors (Lipinski definition) is 2. The summed E-state index contributed by atoms with van der Waals surface area (Å²) < 4.78 is 9.91. The van der Waals surface area contributed by atoms with Gasteiger partial charge in [0, 0.05) is 6.07 Å². The standard InChI is InChI=1S/C15H16N2O6/c1-3-15(8-18)9-23-7-13(15)16-11-6-10(14(19)22-2)4-5-12(11)17(20)21/h1,4-6,13,16,18H,7-9H2,2H3/t13-,15+/m1/s1. The van der Waals surface area contributed by atoms with Crippen molar-refractivity contribution < 1.29 is 24.3 Å². The van der Waals surface area contributed by atoms with Crippen LogP contribution in [0.25, 0.3) is 0 Å². The Hall–Kier alpha value is -2.63. The summed E-state index contributed by atoms with van der Waals surface area (Å²) in [6.07, 6.45) is 5.48. The second-order valence-corrected chi connectivity index (χ2v) is 5.15. The number of anilines is 1. The van der Waals surface area contributed by atoms with Gasteiger partial charge in [-0.3, -0.25) is 10.1 Å². The largest absolute Gasteiger partial charge is 0.465 e. The smallest absolute Gasteiger partial charge is 0.337 e. The Labute approximate surface area is 132 Å². The van der Waals surface area contributed by atoms with Gasteiger partial charge in [0.25, 0.3) is 5.69 Å². The molecule has 0 amide bonds. The first-order chi connectivity index (χ1) is 11.0. The zero-order chi connectivity index (χ0) is 17.0. The topological polar surface area (TPSA) is 111 Å². The SMILES string of the molecule is C#C[C@]1(CO)COC[C@H]1Nc1cc(C(=O)OC)ccc1[N+](=O)[O-]. The lowest BCUT2D eigenvalue weighted by Gasteiger charge is -2.27. The first-order valence-corrected chi connectivity index (χ1v) is 6.77. The predicted octanol–water partition coefficient (Wildman–Crippen LogP) is 0.804. The fraction of sp³-hybridized carbons (Fsp3) is 0.400. The number of benzene rings is 1. The Morgan fingerprint density at radius 1 is 1.70 bits per heavy atom. The summed E-state index contributed by atoms with van der Waals surface area (Å²) in [6.45, 7) is -0.00181. The first-order valence-electron chi connectivity index (χ1n) is 6.77. The molecule has 0 unspecified atom stereocenters. The summed E-state index contributed by atoms with van der Waals surface area (Å²) >= 11 is 0. The summed E-state index contributed by atoms with van der Waals surface area (Å²) in [5.41, 5.74) is -0.917. The molecule has 1 aliphatic heterocycles. The van der Waals surface area contributed by atoms with Gasteiger partial charge in [0.15, 0.2) is 0 Å². The van der Waals surface area contributed by atoms with E-state index in [1.807, 2.05) is 0 Å². The number of aliphatic hydroxyl groups excluding tert-OH is 1. The molecular formula is C15H16N2O6. The normalized spacial score (nSPS) is 23.1. The molecule has 2 atom stereocenters. The van der Waals surface area contributed by atoms with Crippen molar-refractivity contribution in [1.82, 2.24) is 0 Å². The molecule has 8 heteroatoms. The Bertz CT molecular complexity index is 668. The number of hydrogen-bond acceptors (Lipinski definition) is 7. The minimum atomic E-state index is -0.977. The van der Waals surface area contributed by atoms with E-state index in [9.17, 15) is 20.0 Å². The molecule has 2 rings (SSSR count). The second kappa shape index (κ2) is 6.64. The number of carbonyl (C=O) groups is 1. The molecule has 1 aromatic rings. The van der Waals surface area contributed by atoms with Crippen LogP contribution in [0.3, 0.4) is 0 Å². The fourth-order valence-electron chi connectivity index (χ4n) is 2.39. The van der Waals surface area contributed by atoms with Gasteiger partial charge >= 0.3 is 5.97 Å². The summed E-state index contributed by atoms with van der Waals surface area (Å²) in [5.74, 6) is 1.88. The molecule has 0 aromatic heterocycles. The number of aliphatic hydroxyl groups is 1. The van der Waals surface area contributed by atoms with Gasteiger partial charge in [0.1, 0.15) is 5.69 Å². The van der Waals surface area contributed by atoms with E-state index < -0.39 is 22.3 Å². The van der Waals surface area contributed by atoms with Crippen LogP contribution in [-0.4, -0.2) is 49.0 Å². The van der Waals surface area contributed by atoms with Crippen molar-refractivity contribution in [3.63, 3.8) is 0 Å². The molecule has 0 radical (unpaired) electrons. The van der Waals surface area contributed by atoms with Crippen molar-refractivity contribution in [3.8, 4) is 12.3 Å². The average Bonchev–Trinajstić information content (AvgIpc) is 2.96. The van der Waals surface area contributed by atoms with Crippen LogP contribution in [0, 0.1) is 27.9 Å². The van der Waals surface area contributed by atoms with E-state index in [1.165, 1.54) is 25.3 Å². The molecule has 1 aromatic carbocycles. The van der Waals surface area contributed by atoms with Crippen molar-refractivity contribution in [2.45, 2.75) is 6.04 Å². The van der Waals surface area contributed by atoms with Crippen LogP contribution in [0.15, 0.2) is 18.2 Å². The number of nitro benzene ring substituents is 1. The van der Waals surface area contributed by atoms with E-state index >= 15 is 0 Å². The minimum absolute atomic E-state index is 0.112. The maximum Gasteiger partial charge on any atom is 0.337 e. The van der Waals surface area contributed by atoms with Gasteiger partial charge in [0.2, 0.25) is 0 Å². The maximum atomic E-state index is 11.6. The van der Waals surface area contributed by atoms with Gasteiger partial charge in [0.05, 0.1) is 48.9 Å². The van der Waals surface area contributed by atoms with E-state index in [1.54, 1.807) is 0 Å². The summed E-state index contributed by atoms with van der Waals surface area (Å²) in [6, 6.07) is 3.31. The fourth-order valence-corrected chi connectivity index (χ4v) is 2.39. The Balaban J connectivity index is 2.39. The number of nitrogens with zero attached hydrogens (tertiary/aromatic N) is 1. The Kier molecular flexibility index (Phi) is 4.83. The highest BCUT2D eigenvalue weighted by molar-refractivity contribution is 5.91. The van der Waals surface area contributed by atoms with E-state index in [0.29, 0.717) is 0 Å². The number of rotatable bonds is 5. The van der Waals surface area contributed by atoms with Crippen LogP contribution in [0.4, 0.5) is 11.4 Å². The van der Waals surface area contributed by atoms with Crippen LogP contribution < -0.4 is 5.32 Å². The molecule has 1 saturated heterocycles. The zero-order valence-corrected chi connectivity index (χ0v) is 12.4. The van der Waals surface area contributed by atoms with Gasteiger partial charge in [-0.2, -0.15) is 0 Å². The Morgan fingerprint density at radius 3 is 3.00 bits per heavy atom. The molecular weight excluding hydrogens is 304 g/mol. The minimum Gasteiger partial charge on any atom is -0.465 e. The summed E-state index contributed by atoms with van der Waals surface area (Å²) in [7, 11) is 1.22. The van der Waals surface area contributed by atoms with Crippen LogP contribution in [-0.2, 0) is 9.47 Å². The van der Waals surface area contributed by atoms with E-state index in [-0.39, 0.29) is 36.8 Å². The molecule has 1 aliphatic rings. The van der Waals surface area contributed by atoms with Crippen molar-refractivity contribution in [3.05, 3.63) is 33.9 Å². The third-order valence-electron chi connectivity index (χ3n) is 3.82.